The van der Waals surface area contributed by atoms with Crippen LogP contribution in [0.5, 0.6) is 5.88 Å². The Morgan fingerprint density at radius 2 is 1.81 bits per heavy atom. The average Bonchev–Trinajstić information content (AvgIpc) is 3.25. The van der Waals surface area contributed by atoms with Crippen LogP contribution in [0.15, 0.2) is 67.0 Å². The van der Waals surface area contributed by atoms with Gasteiger partial charge in [0, 0.05) is 49.7 Å². The third-order valence-electron chi connectivity index (χ3n) is 6.58. The van der Waals surface area contributed by atoms with E-state index >= 15 is 0 Å². The van der Waals surface area contributed by atoms with Crippen LogP contribution in [-0.4, -0.2) is 46.5 Å². The fourth-order valence-electron chi connectivity index (χ4n) is 4.44. The maximum Gasteiger partial charge on any atom is 0.421 e. The standard InChI is InChI=1S/C28H31F3N4O2/c1-19-11-12-21(14-33-19)22-16-35(15-20-8-5-4-6-9-20)17-24(22)34-26(36)27(2,3)18-37-25-23(28(29,30)31)10-7-13-32-25/h4-14,22,24H,15-18H2,1-3H3,(H,34,36)/t22-,24+/m0/s1. The summed E-state index contributed by atoms with van der Waals surface area (Å²) in [5.41, 5.74) is 1.06. The number of aryl methyl sites for hydroxylation is 1. The number of pyridine rings is 2. The molecule has 3 heterocycles. The molecular weight excluding hydrogens is 481 g/mol. The highest BCUT2D eigenvalue weighted by Crippen LogP contribution is 2.35. The van der Waals surface area contributed by atoms with Crippen molar-refractivity contribution in [3.8, 4) is 5.88 Å². The lowest BCUT2D eigenvalue weighted by molar-refractivity contribution is -0.139. The van der Waals surface area contributed by atoms with E-state index in [9.17, 15) is 18.0 Å². The van der Waals surface area contributed by atoms with Crippen LogP contribution in [0, 0.1) is 12.3 Å². The number of halogens is 3. The average molecular weight is 513 g/mol. The second-order valence-corrected chi connectivity index (χ2v) is 10.1. The van der Waals surface area contributed by atoms with Crippen molar-refractivity contribution >= 4 is 5.91 Å². The summed E-state index contributed by atoms with van der Waals surface area (Å²) >= 11 is 0. The molecule has 1 aliphatic rings. The van der Waals surface area contributed by atoms with Crippen LogP contribution in [-0.2, 0) is 17.5 Å². The molecule has 1 fully saturated rings. The van der Waals surface area contributed by atoms with Crippen LogP contribution in [0.25, 0.3) is 0 Å². The first-order valence-corrected chi connectivity index (χ1v) is 12.2. The zero-order valence-electron chi connectivity index (χ0n) is 21.1. The third kappa shape index (κ3) is 6.65. The van der Waals surface area contributed by atoms with E-state index in [0.29, 0.717) is 6.54 Å². The molecule has 0 radical (unpaired) electrons. The van der Waals surface area contributed by atoms with Crippen LogP contribution in [0.4, 0.5) is 13.2 Å². The number of benzene rings is 1. The quantitative estimate of drug-likeness (QED) is 0.461. The molecule has 1 saturated heterocycles. The summed E-state index contributed by atoms with van der Waals surface area (Å²) < 4.78 is 45.4. The molecule has 2 aromatic heterocycles. The van der Waals surface area contributed by atoms with Gasteiger partial charge in [0.1, 0.15) is 12.2 Å². The Morgan fingerprint density at radius 1 is 1.05 bits per heavy atom. The van der Waals surface area contributed by atoms with Crippen LogP contribution >= 0.6 is 0 Å². The number of ether oxygens (including phenoxy) is 1. The van der Waals surface area contributed by atoms with Crippen molar-refractivity contribution in [2.24, 2.45) is 5.41 Å². The summed E-state index contributed by atoms with van der Waals surface area (Å²) in [6.45, 7) is 7.09. The Kier molecular flexibility index (Phi) is 7.82. The summed E-state index contributed by atoms with van der Waals surface area (Å²) in [5.74, 6) is -0.812. The van der Waals surface area contributed by atoms with Gasteiger partial charge in [0.15, 0.2) is 0 Å². The van der Waals surface area contributed by atoms with Crippen LogP contribution < -0.4 is 10.1 Å². The number of likely N-dealkylation sites (tertiary alicyclic amines) is 1. The summed E-state index contributed by atoms with van der Waals surface area (Å²) in [4.78, 5) is 23.8. The van der Waals surface area contributed by atoms with Crippen molar-refractivity contribution < 1.29 is 22.7 Å². The minimum atomic E-state index is -4.60. The number of carbonyl (C=O) groups is 1. The second-order valence-electron chi connectivity index (χ2n) is 10.1. The first kappa shape index (κ1) is 26.6. The molecule has 1 N–H and O–H groups in total. The Morgan fingerprint density at radius 3 is 2.49 bits per heavy atom. The van der Waals surface area contributed by atoms with Gasteiger partial charge in [-0.1, -0.05) is 36.4 Å². The van der Waals surface area contributed by atoms with Gasteiger partial charge in [0.25, 0.3) is 0 Å². The Labute approximate surface area is 214 Å². The summed E-state index contributed by atoms with van der Waals surface area (Å²) in [6.07, 6.45) is -1.52. The topological polar surface area (TPSA) is 67.4 Å². The van der Waals surface area contributed by atoms with E-state index in [1.165, 1.54) is 17.8 Å². The number of nitrogens with one attached hydrogen (secondary N) is 1. The molecule has 0 bridgehead atoms. The fourth-order valence-corrected chi connectivity index (χ4v) is 4.44. The number of alkyl halides is 3. The van der Waals surface area contributed by atoms with Gasteiger partial charge in [-0.25, -0.2) is 4.98 Å². The molecule has 0 unspecified atom stereocenters. The van der Waals surface area contributed by atoms with Gasteiger partial charge in [-0.05, 0) is 50.1 Å². The second kappa shape index (κ2) is 10.9. The van der Waals surface area contributed by atoms with Gasteiger partial charge in [-0.3, -0.25) is 14.7 Å². The number of nitrogens with zero attached hydrogens (tertiary/aromatic N) is 3. The molecule has 0 saturated carbocycles. The van der Waals surface area contributed by atoms with Crippen LogP contribution in [0.2, 0.25) is 0 Å². The number of hydrogen-bond acceptors (Lipinski definition) is 5. The zero-order chi connectivity index (χ0) is 26.6. The Bertz CT molecular complexity index is 1200. The minimum Gasteiger partial charge on any atom is -0.476 e. The SMILES string of the molecule is Cc1ccc([C@@H]2CN(Cc3ccccc3)C[C@H]2NC(=O)C(C)(C)COc2ncccc2C(F)(F)F)cn1. The van der Waals surface area contributed by atoms with Gasteiger partial charge in [0.2, 0.25) is 11.8 Å². The van der Waals surface area contributed by atoms with Crippen molar-refractivity contribution in [1.29, 1.82) is 0 Å². The monoisotopic (exact) mass is 512 g/mol. The predicted molar refractivity (Wildman–Crippen MR) is 134 cm³/mol. The molecule has 6 nitrogen and oxygen atoms in total. The molecule has 9 heteroatoms. The normalized spacial score (nSPS) is 18.5. The van der Waals surface area contributed by atoms with Gasteiger partial charge in [-0.15, -0.1) is 0 Å². The lowest BCUT2D eigenvalue weighted by Crippen LogP contribution is -2.48. The molecule has 2 atom stereocenters. The van der Waals surface area contributed by atoms with Crippen molar-refractivity contribution in [3.63, 3.8) is 0 Å². The molecule has 0 aliphatic carbocycles. The molecule has 1 aromatic carbocycles. The highest BCUT2D eigenvalue weighted by Gasteiger charge is 2.39. The maximum absolute atomic E-state index is 13.4. The van der Waals surface area contributed by atoms with E-state index in [4.69, 9.17) is 4.74 Å². The lowest BCUT2D eigenvalue weighted by Gasteiger charge is -2.28. The van der Waals surface area contributed by atoms with E-state index < -0.39 is 23.0 Å². The fraction of sp³-hybridized carbons (Fsp3) is 0.393. The lowest BCUT2D eigenvalue weighted by atomic mass is 9.90. The minimum absolute atomic E-state index is 0.0186. The number of aromatic nitrogens is 2. The molecule has 196 valence electrons. The van der Waals surface area contributed by atoms with Crippen LogP contribution in [0.1, 0.15) is 42.1 Å². The molecule has 3 aromatic rings. The first-order chi connectivity index (χ1) is 17.5. The number of rotatable bonds is 8. The number of amides is 1. The summed E-state index contributed by atoms with van der Waals surface area (Å²) in [6, 6.07) is 16.0. The van der Waals surface area contributed by atoms with Crippen molar-refractivity contribution in [3.05, 3.63) is 89.4 Å². The third-order valence-corrected chi connectivity index (χ3v) is 6.58. The van der Waals surface area contributed by atoms with E-state index in [0.717, 1.165) is 30.4 Å². The van der Waals surface area contributed by atoms with E-state index in [1.54, 1.807) is 13.8 Å². The molecule has 37 heavy (non-hydrogen) atoms. The maximum atomic E-state index is 13.4. The molecule has 0 spiro atoms. The Balaban J connectivity index is 1.47. The molecule has 4 rings (SSSR count). The van der Waals surface area contributed by atoms with Crippen LogP contribution in [0.3, 0.4) is 0 Å². The molecule has 1 aliphatic heterocycles. The van der Waals surface area contributed by atoms with E-state index in [-0.39, 0.29) is 24.5 Å². The highest BCUT2D eigenvalue weighted by atomic mass is 19.4. The van der Waals surface area contributed by atoms with Gasteiger partial charge in [-0.2, -0.15) is 13.2 Å². The van der Waals surface area contributed by atoms with E-state index in [1.807, 2.05) is 43.5 Å². The van der Waals surface area contributed by atoms with Crippen molar-refractivity contribution in [2.45, 2.75) is 45.5 Å². The van der Waals surface area contributed by atoms with Crippen molar-refractivity contribution in [2.75, 3.05) is 19.7 Å². The zero-order valence-corrected chi connectivity index (χ0v) is 21.1. The summed E-state index contributed by atoms with van der Waals surface area (Å²) in [5, 5.41) is 3.15. The van der Waals surface area contributed by atoms with Gasteiger partial charge >= 0.3 is 6.18 Å². The van der Waals surface area contributed by atoms with Crippen molar-refractivity contribution in [1.82, 2.24) is 20.2 Å². The summed E-state index contributed by atoms with van der Waals surface area (Å²) in [7, 11) is 0. The van der Waals surface area contributed by atoms with Gasteiger partial charge in [0.05, 0.1) is 5.41 Å². The van der Waals surface area contributed by atoms with E-state index in [2.05, 4.69) is 32.3 Å². The molecular formula is C28H31F3N4O2. The number of carbonyl (C=O) groups excluding carboxylic acids is 1. The highest BCUT2D eigenvalue weighted by molar-refractivity contribution is 5.82. The van der Waals surface area contributed by atoms with Gasteiger partial charge < -0.3 is 10.1 Å². The predicted octanol–water partition coefficient (Wildman–Crippen LogP) is 4.99. The Hall–Kier alpha value is -3.46. The smallest absolute Gasteiger partial charge is 0.421 e. The molecule has 1 amide bonds. The largest absolute Gasteiger partial charge is 0.476 e. The first-order valence-electron chi connectivity index (χ1n) is 12.2. The number of hydrogen-bond donors (Lipinski definition) is 1.